The molecule has 7 rings (SSSR count). The number of aromatic nitrogens is 2. The van der Waals surface area contributed by atoms with Crippen molar-refractivity contribution in [2.75, 3.05) is 31.5 Å². The zero-order valence-corrected chi connectivity index (χ0v) is 28.7. The van der Waals surface area contributed by atoms with E-state index < -0.39 is 17.6 Å². The Balaban J connectivity index is 0.885. The Labute approximate surface area is 292 Å². The number of hydrogen-bond donors (Lipinski definition) is 3. The molecule has 0 bridgehead atoms. The van der Waals surface area contributed by atoms with Crippen LogP contribution < -0.4 is 10.6 Å². The van der Waals surface area contributed by atoms with E-state index in [1.165, 1.54) is 4.90 Å². The third-order valence-corrected chi connectivity index (χ3v) is 10.8. The van der Waals surface area contributed by atoms with Gasteiger partial charge >= 0.3 is 0 Å². The maximum Gasteiger partial charge on any atom is 0.255 e. The molecule has 4 aliphatic heterocycles. The second kappa shape index (κ2) is 13.9. The molecule has 262 valence electrons. The Hall–Kier alpha value is -4.68. The molecule has 0 radical (unpaired) electrons. The van der Waals surface area contributed by atoms with Crippen LogP contribution in [0.3, 0.4) is 0 Å². The van der Waals surface area contributed by atoms with Gasteiger partial charge in [-0.3, -0.25) is 29.4 Å². The predicted octanol–water partition coefficient (Wildman–Crippen LogP) is 3.56. The van der Waals surface area contributed by atoms with Gasteiger partial charge in [0.05, 0.1) is 5.60 Å². The van der Waals surface area contributed by atoms with Gasteiger partial charge in [0.1, 0.15) is 6.04 Å². The molecule has 3 saturated heterocycles. The minimum Gasteiger partial charge on any atom is -0.385 e. The van der Waals surface area contributed by atoms with E-state index in [4.69, 9.17) is 0 Å². The number of imide groups is 1. The molecule has 4 amide bonds. The topological polar surface area (TPSA) is 148 Å². The number of carbonyl (C=O) groups excluding carboxylic acids is 4. The van der Waals surface area contributed by atoms with Gasteiger partial charge in [-0.2, -0.15) is 0 Å². The number of carbonyl (C=O) groups is 4. The molecule has 2 aromatic carbocycles. The average molecular weight is 680 g/mol. The molecule has 1 unspecified atom stereocenters. The van der Waals surface area contributed by atoms with Gasteiger partial charge in [0.2, 0.25) is 17.8 Å². The van der Waals surface area contributed by atoms with Gasteiger partial charge in [0.25, 0.3) is 11.8 Å². The van der Waals surface area contributed by atoms with Crippen LogP contribution in [0.4, 0.5) is 5.95 Å². The standard InChI is InChI=1S/C38H45N7O5/c1-24(2)28-20-39-37(40-21-28)41-30-11-15-44(16-12-30)35(48)26-5-3-25(4-6-26)22-43-17-13-38(50,14-18-43)29-7-8-31-27(19-29)23-45(36(31)49)32-9-10-33(46)42-34(32)47/h3-8,19-21,24,30,32,50H,9-18,22-23H2,1-2H3,(H,39,40,41)(H,42,46,47). The van der Waals surface area contributed by atoms with Crippen molar-refractivity contribution >= 4 is 29.6 Å². The summed E-state index contributed by atoms with van der Waals surface area (Å²) in [7, 11) is 0. The lowest BCUT2D eigenvalue weighted by Crippen LogP contribution is -2.52. The summed E-state index contributed by atoms with van der Waals surface area (Å²) in [5.41, 5.74) is 4.02. The number of piperidine rings is 3. The zero-order valence-electron chi connectivity index (χ0n) is 28.7. The zero-order chi connectivity index (χ0) is 35.0. The molecule has 3 fully saturated rings. The van der Waals surface area contributed by atoms with Crippen LogP contribution in [0.25, 0.3) is 0 Å². The van der Waals surface area contributed by atoms with Gasteiger partial charge in [-0.1, -0.05) is 38.1 Å². The number of rotatable bonds is 8. The summed E-state index contributed by atoms with van der Waals surface area (Å²) in [6.45, 7) is 8.00. The highest BCUT2D eigenvalue weighted by atomic mass is 16.3. The fourth-order valence-corrected chi connectivity index (χ4v) is 7.55. The molecule has 0 spiro atoms. The number of anilines is 1. The third kappa shape index (κ3) is 6.99. The van der Waals surface area contributed by atoms with Crippen LogP contribution in [0.1, 0.15) is 101 Å². The van der Waals surface area contributed by atoms with Crippen molar-refractivity contribution < 1.29 is 24.3 Å². The molecule has 12 nitrogen and oxygen atoms in total. The van der Waals surface area contributed by atoms with Crippen LogP contribution in [0, 0.1) is 0 Å². The van der Waals surface area contributed by atoms with Gasteiger partial charge < -0.3 is 20.2 Å². The maximum absolute atomic E-state index is 13.3. The summed E-state index contributed by atoms with van der Waals surface area (Å²) in [6.07, 6.45) is 7.05. The first kappa shape index (κ1) is 33.8. The largest absolute Gasteiger partial charge is 0.385 e. The number of amides is 4. The van der Waals surface area contributed by atoms with E-state index in [9.17, 15) is 24.3 Å². The first-order chi connectivity index (χ1) is 24.1. The highest BCUT2D eigenvalue weighted by Crippen LogP contribution is 2.37. The second-order valence-corrected chi connectivity index (χ2v) is 14.5. The molecule has 3 aromatic rings. The Kier molecular flexibility index (Phi) is 9.40. The summed E-state index contributed by atoms with van der Waals surface area (Å²) >= 11 is 0. The number of benzene rings is 2. The first-order valence-corrected chi connectivity index (χ1v) is 17.8. The molecule has 12 heteroatoms. The van der Waals surface area contributed by atoms with Crippen molar-refractivity contribution in [3.63, 3.8) is 0 Å². The fraction of sp³-hybridized carbons (Fsp3) is 0.474. The highest BCUT2D eigenvalue weighted by Gasteiger charge is 2.41. The van der Waals surface area contributed by atoms with Crippen molar-refractivity contribution in [3.8, 4) is 0 Å². The van der Waals surface area contributed by atoms with E-state index in [1.807, 2.05) is 53.7 Å². The van der Waals surface area contributed by atoms with Crippen molar-refractivity contribution in [2.45, 2.75) is 89.1 Å². The second-order valence-electron chi connectivity index (χ2n) is 14.5. The smallest absolute Gasteiger partial charge is 0.255 e. The monoisotopic (exact) mass is 679 g/mol. The van der Waals surface area contributed by atoms with Crippen molar-refractivity contribution in [1.82, 2.24) is 30.0 Å². The first-order valence-electron chi connectivity index (χ1n) is 17.8. The lowest BCUT2D eigenvalue weighted by Gasteiger charge is -2.38. The SMILES string of the molecule is CC(C)c1cnc(NC2CCN(C(=O)c3ccc(CN4CCC(O)(c5ccc6c(c5)CN(C5CCC(=O)NC5=O)C6=O)CC4)cc3)CC2)nc1. The molecule has 0 saturated carbocycles. The number of fused-ring (bicyclic) bond motifs is 1. The number of likely N-dealkylation sites (tertiary alicyclic amines) is 2. The van der Waals surface area contributed by atoms with E-state index in [2.05, 4.69) is 39.3 Å². The molecule has 3 N–H and O–H groups in total. The quantitative estimate of drug-likeness (QED) is 0.304. The lowest BCUT2D eigenvalue weighted by atomic mass is 9.83. The average Bonchev–Trinajstić information content (AvgIpc) is 3.45. The van der Waals surface area contributed by atoms with Gasteiger partial charge in [0.15, 0.2) is 0 Å². The van der Waals surface area contributed by atoms with Crippen molar-refractivity contribution in [3.05, 3.63) is 88.2 Å². The van der Waals surface area contributed by atoms with Crippen molar-refractivity contribution in [1.29, 1.82) is 0 Å². The minimum atomic E-state index is -1.01. The normalized spacial score (nSPS) is 21.4. The van der Waals surface area contributed by atoms with Crippen LogP contribution in [-0.2, 0) is 28.3 Å². The van der Waals surface area contributed by atoms with E-state index in [1.54, 1.807) is 6.07 Å². The summed E-state index contributed by atoms with van der Waals surface area (Å²) in [5.74, 6) is 0.113. The highest BCUT2D eigenvalue weighted by molar-refractivity contribution is 6.05. The van der Waals surface area contributed by atoms with Crippen LogP contribution in [-0.4, -0.2) is 91.7 Å². The number of hydrogen-bond acceptors (Lipinski definition) is 9. The Morgan fingerprint density at radius 3 is 2.34 bits per heavy atom. The Morgan fingerprint density at radius 1 is 0.980 bits per heavy atom. The fourth-order valence-electron chi connectivity index (χ4n) is 7.55. The molecule has 0 aliphatic carbocycles. The Bertz CT molecular complexity index is 1760. The summed E-state index contributed by atoms with van der Waals surface area (Å²) in [5, 5.41) is 17.4. The summed E-state index contributed by atoms with van der Waals surface area (Å²) in [6, 6.07) is 12.9. The Morgan fingerprint density at radius 2 is 1.68 bits per heavy atom. The van der Waals surface area contributed by atoms with E-state index >= 15 is 0 Å². The minimum absolute atomic E-state index is 0.0480. The van der Waals surface area contributed by atoms with E-state index in [0.717, 1.165) is 41.6 Å². The van der Waals surface area contributed by atoms with Crippen LogP contribution in [0.5, 0.6) is 0 Å². The number of nitrogens with one attached hydrogen (secondary N) is 2. The van der Waals surface area contributed by atoms with Gasteiger partial charge in [0, 0.05) is 75.3 Å². The van der Waals surface area contributed by atoms with Crippen LogP contribution in [0.15, 0.2) is 54.9 Å². The van der Waals surface area contributed by atoms with E-state index in [0.29, 0.717) is 68.4 Å². The summed E-state index contributed by atoms with van der Waals surface area (Å²) < 4.78 is 0. The predicted molar refractivity (Wildman–Crippen MR) is 186 cm³/mol. The van der Waals surface area contributed by atoms with Crippen LogP contribution in [0.2, 0.25) is 0 Å². The molecular weight excluding hydrogens is 634 g/mol. The molecule has 1 aromatic heterocycles. The molecular formula is C38H45N7O5. The summed E-state index contributed by atoms with van der Waals surface area (Å²) in [4.78, 5) is 65.0. The molecule has 50 heavy (non-hydrogen) atoms. The van der Waals surface area contributed by atoms with Gasteiger partial charge in [-0.05, 0) is 78.5 Å². The lowest BCUT2D eigenvalue weighted by molar-refractivity contribution is -0.136. The number of aliphatic hydroxyl groups is 1. The number of nitrogens with zero attached hydrogens (tertiary/aromatic N) is 5. The molecule has 4 aliphatic rings. The molecule has 1 atom stereocenters. The van der Waals surface area contributed by atoms with Gasteiger partial charge in [-0.15, -0.1) is 0 Å². The maximum atomic E-state index is 13.3. The molecule has 5 heterocycles. The van der Waals surface area contributed by atoms with Crippen molar-refractivity contribution in [2.24, 2.45) is 0 Å². The van der Waals surface area contributed by atoms with Crippen LogP contribution >= 0.6 is 0 Å². The van der Waals surface area contributed by atoms with Gasteiger partial charge in [-0.25, -0.2) is 9.97 Å². The van der Waals surface area contributed by atoms with E-state index in [-0.39, 0.29) is 36.7 Å². The third-order valence-electron chi connectivity index (χ3n) is 10.8.